The number of thiophene rings is 2. The van der Waals surface area contributed by atoms with E-state index in [-0.39, 0.29) is 22.8 Å². The fraction of sp³-hybridized carbons (Fsp3) is 0.425. The molecule has 5 aromatic rings. The Morgan fingerprint density at radius 3 is 1.59 bits per heavy atom. The zero-order chi connectivity index (χ0) is 48.7. The number of carbonyl (C=O) groups excluding carboxylic acids is 3. The number of thiol groups is 1. The minimum atomic E-state index is -0.792. The van der Waals surface area contributed by atoms with Crippen LogP contribution in [0.25, 0.3) is 20.4 Å². The van der Waals surface area contributed by atoms with Gasteiger partial charge in [-0.25, -0.2) is 24.5 Å². The van der Waals surface area contributed by atoms with Gasteiger partial charge < -0.3 is 24.8 Å². The molecule has 0 aromatic carbocycles. The van der Waals surface area contributed by atoms with Gasteiger partial charge in [-0.2, -0.15) is 17.9 Å². The molecule has 5 aromatic heterocycles. The highest BCUT2D eigenvalue weighted by atomic mass is 79.9. The molecule has 5 heterocycles. The van der Waals surface area contributed by atoms with E-state index in [4.69, 9.17) is 66.9 Å². The Morgan fingerprint density at radius 1 is 0.778 bits per heavy atom. The van der Waals surface area contributed by atoms with E-state index in [1.807, 2.05) is 33.8 Å². The molecule has 0 aliphatic heterocycles. The van der Waals surface area contributed by atoms with Crippen molar-refractivity contribution < 1.29 is 38.5 Å². The number of nitrogen functional groups attached to an aromatic ring is 1. The highest BCUT2D eigenvalue weighted by Gasteiger charge is 2.23. The van der Waals surface area contributed by atoms with Gasteiger partial charge in [0.05, 0.1) is 73.4 Å². The van der Waals surface area contributed by atoms with E-state index in [0.29, 0.717) is 71.6 Å². The first-order chi connectivity index (χ1) is 29.2. The van der Waals surface area contributed by atoms with Gasteiger partial charge in [0.25, 0.3) is 5.09 Å². The van der Waals surface area contributed by atoms with Gasteiger partial charge in [0.15, 0.2) is 0 Å². The largest absolute Gasteiger partial charge is 0.465 e. The van der Waals surface area contributed by atoms with Gasteiger partial charge in [-0.05, 0) is 116 Å². The zero-order valence-corrected chi connectivity index (χ0v) is 43.6. The first kappa shape index (κ1) is 57.3. The van der Waals surface area contributed by atoms with E-state index in [1.165, 1.54) is 22.7 Å². The summed E-state index contributed by atoms with van der Waals surface area (Å²) in [6, 6.07) is 1.95. The fourth-order valence-electron chi connectivity index (χ4n) is 4.87. The number of pyridine rings is 3. The number of aromatic nitrogens is 3. The van der Waals surface area contributed by atoms with Crippen molar-refractivity contribution in [2.75, 3.05) is 31.3 Å². The topological polar surface area (TPSA) is 220 Å². The summed E-state index contributed by atoms with van der Waals surface area (Å²) >= 11 is 33.6. The van der Waals surface area contributed by atoms with Crippen LogP contribution in [0.15, 0.2) is 4.47 Å². The van der Waals surface area contributed by atoms with Crippen molar-refractivity contribution >= 4 is 142 Å². The maximum atomic E-state index is 11.8. The zero-order valence-electron chi connectivity index (χ0n) is 36.5. The number of anilines is 1. The molecule has 0 unspecified atom stereocenters. The molecule has 23 heteroatoms. The predicted octanol–water partition coefficient (Wildman–Crippen LogP) is 12.2. The third-order valence-corrected chi connectivity index (χ3v) is 13.1. The van der Waals surface area contributed by atoms with Crippen molar-refractivity contribution in [2.24, 2.45) is 0 Å². The maximum absolute atomic E-state index is 11.8. The molecular formula is C40H47BrCl4N6O9S3. The smallest absolute Gasteiger partial charge is 0.350 e. The average Bonchev–Trinajstić information content (AvgIpc) is 3.71. The number of rotatable bonds is 7. The van der Waals surface area contributed by atoms with Gasteiger partial charge in [0.2, 0.25) is 0 Å². The first-order valence-corrected chi connectivity index (χ1v) is 23.1. The van der Waals surface area contributed by atoms with Crippen molar-refractivity contribution in [3.05, 3.63) is 83.9 Å². The lowest BCUT2D eigenvalue weighted by Gasteiger charge is -2.13. The molecule has 63 heavy (non-hydrogen) atoms. The minimum Gasteiger partial charge on any atom is -0.465 e. The summed E-state index contributed by atoms with van der Waals surface area (Å²) in [5.41, 5.74) is 10.7. The highest BCUT2D eigenvalue weighted by molar-refractivity contribution is 9.10. The van der Waals surface area contributed by atoms with Crippen LogP contribution in [0.3, 0.4) is 0 Å². The number of fused-ring (bicyclic) bond motifs is 2. The summed E-state index contributed by atoms with van der Waals surface area (Å²) in [5.74, 6) is -0.828. The van der Waals surface area contributed by atoms with Gasteiger partial charge in [-0.3, -0.25) is 4.79 Å². The molecule has 0 saturated carbocycles. The Hall–Kier alpha value is -3.74. The van der Waals surface area contributed by atoms with Gasteiger partial charge in [-0.15, -0.1) is 32.8 Å². The summed E-state index contributed by atoms with van der Waals surface area (Å²) in [4.78, 5) is 62.6. The Labute approximate surface area is 407 Å². The van der Waals surface area contributed by atoms with Crippen LogP contribution in [-0.4, -0.2) is 69.1 Å². The second kappa shape index (κ2) is 26.3. The van der Waals surface area contributed by atoms with E-state index in [9.17, 15) is 24.5 Å². The normalized spacial score (nSPS) is 10.4. The molecule has 0 atom stereocenters. The first-order valence-electron chi connectivity index (χ1n) is 18.5. The number of nitrogens with two attached hydrogens (primary N) is 1. The average molecular weight is 1070 g/mol. The Bertz CT molecular complexity index is 2400. The van der Waals surface area contributed by atoms with E-state index >= 15 is 0 Å². The molecule has 0 bridgehead atoms. The molecule has 0 amide bonds. The summed E-state index contributed by atoms with van der Waals surface area (Å²) in [7, 11) is 0. The molecule has 0 saturated heterocycles. The highest BCUT2D eigenvalue weighted by Crippen LogP contribution is 2.40. The second-order valence-electron chi connectivity index (χ2n) is 13.5. The predicted molar refractivity (Wildman–Crippen MR) is 259 cm³/mol. The van der Waals surface area contributed by atoms with Crippen molar-refractivity contribution in [1.29, 1.82) is 5.26 Å². The van der Waals surface area contributed by atoms with Crippen LogP contribution < -0.4 is 5.73 Å². The molecule has 0 radical (unpaired) electrons. The number of halogens is 5. The lowest BCUT2D eigenvalue weighted by Crippen LogP contribution is -2.22. The molecule has 0 aliphatic rings. The van der Waals surface area contributed by atoms with Crippen molar-refractivity contribution in [1.82, 2.24) is 15.0 Å². The van der Waals surface area contributed by atoms with Gasteiger partial charge in [-0.1, -0.05) is 46.4 Å². The van der Waals surface area contributed by atoms with Gasteiger partial charge >= 0.3 is 17.9 Å². The number of hydrogen-bond donors (Lipinski definition) is 2. The number of esters is 3. The minimum absolute atomic E-state index is 0.174. The lowest BCUT2D eigenvalue weighted by molar-refractivity contribution is -0.778. The third-order valence-electron chi connectivity index (χ3n) is 7.65. The van der Waals surface area contributed by atoms with Crippen LogP contribution in [0.4, 0.5) is 5.69 Å². The molecule has 0 fully saturated rings. The second-order valence-corrected chi connectivity index (χ2v) is 18.1. The molecule has 5 rings (SSSR count). The van der Waals surface area contributed by atoms with Crippen molar-refractivity contribution in [2.45, 2.75) is 88.7 Å². The number of aryl methyl sites for hydroxylation is 5. The third kappa shape index (κ3) is 16.3. The molecule has 0 spiro atoms. The summed E-state index contributed by atoms with van der Waals surface area (Å²) < 4.78 is 15.2. The fourth-order valence-corrected chi connectivity index (χ4v) is 8.86. The van der Waals surface area contributed by atoms with Crippen LogP contribution >= 0.6 is 97.6 Å². The number of hydrogen-bond acceptors (Lipinski definition) is 17. The summed E-state index contributed by atoms with van der Waals surface area (Å²) in [6.07, 6.45) is 0. The molecule has 0 aliphatic carbocycles. The number of nitriles is 1. The van der Waals surface area contributed by atoms with Crippen LogP contribution in [0.2, 0.25) is 20.2 Å². The molecule has 344 valence electrons. The van der Waals surface area contributed by atoms with E-state index < -0.39 is 16.7 Å². The molecular weight excluding hydrogens is 1030 g/mol. The summed E-state index contributed by atoms with van der Waals surface area (Å²) in [6.45, 7) is 22.3. The molecule has 15 nitrogen and oxygen atoms in total. The van der Waals surface area contributed by atoms with Gasteiger partial charge in [0.1, 0.15) is 36.2 Å². The Kier molecular flexibility index (Phi) is 23.9. The number of carbonyl (C=O) groups is 3. The van der Waals surface area contributed by atoms with E-state index in [1.54, 1.807) is 55.4 Å². The van der Waals surface area contributed by atoms with Crippen molar-refractivity contribution in [3.63, 3.8) is 0 Å². The molecule has 2 N–H and O–H groups in total. The SMILES string of the molecule is CC(C)(C)O[N+](=O)[O-].CCOC(=O)CS.CCOC(=O)c1sc2nc(C)c(Cl)c(C)c2c1Br.CCOC(=O)c1sc2nc(C)c(Cl)c(C)c2c1N.Cc1nc(Cl)c(C#N)c(C)c1Cl. The van der Waals surface area contributed by atoms with E-state index in [0.717, 1.165) is 42.9 Å². The Balaban J connectivity index is 0.000000414. The number of nitrogens with zero attached hydrogens (tertiary/aromatic N) is 5. The van der Waals surface area contributed by atoms with Crippen LogP contribution in [0.5, 0.6) is 0 Å². The maximum Gasteiger partial charge on any atom is 0.350 e. The number of ether oxygens (including phenoxy) is 3. The van der Waals surface area contributed by atoms with E-state index in [2.05, 4.69) is 53.1 Å². The van der Waals surface area contributed by atoms with Crippen LogP contribution in [0, 0.1) is 63.0 Å². The standard InChI is InChI=1S/C12H11BrClNO2S.C12H13ClN2O2S.C8H6Cl2N2.C4H9NO3.C4H8O2S/c1-4-17-12(16)10-8(13)7-5(2)9(14)6(3)15-11(7)18-10;1-4-17-12(16)10-9(14)7-5(2)8(13)6(3)15-11(7)18-10;1-4-6(3-11)8(10)12-5(2)7(4)9;1-4(2,3)8-5(6)7;1-2-6-4(5)3-7/h4H2,1-3H3;4,14H2,1-3H3;1-2H3;1-3H3;7H,2-3H2,1H3. The van der Waals surface area contributed by atoms with Crippen molar-refractivity contribution in [3.8, 4) is 6.07 Å². The van der Waals surface area contributed by atoms with Gasteiger partial charge in [0, 0.05) is 10.8 Å². The lowest BCUT2D eigenvalue weighted by atomic mass is 10.1. The van der Waals surface area contributed by atoms with Crippen LogP contribution in [-0.2, 0) is 23.8 Å². The summed E-state index contributed by atoms with van der Waals surface area (Å²) in [5, 5.41) is 21.1. The Morgan fingerprint density at radius 2 is 1.19 bits per heavy atom. The monoisotopic (exact) mass is 1070 g/mol. The van der Waals surface area contributed by atoms with Crippen LogP contribution in [0.1, 0.15) is 100 Å². The quantitative estimate of drug-likeness (QED) is 0.0387.